The Hall–Kier alpha value is -1.02. The summed E-state index contributed by atoms with van der Waals surface area (Å²) in [5, 5.41) is 0. The van der Waals surface area contributed by atoms with Gasteiger partial charge in [-0.15, -0.1) is 0 Å². The van der Waals surface area contributed by atoms with E-state index >= 15 is 0 Å². The highest BCUT2D eigenvalue weighted by molar-refractivity contribution is 5.27. The fourth-order valence-corrected chi connectivity index (χ4v) is 1.02. The molecule has 1 saturated heterocycles. The SMILES string of the molecule is Cc1ccc(OC2(C)CO2)cc1. The van der Waals surface area contributed by atoms with Crippen molar-refractivity contribution in [1.82, 2.24) is 0 Å². The van der Waals surface area contributed by atoms with E-state index in [0.717, 1.165) is 5.75 Å². The number of hydrogen-bond acceptors (Lipinski definition) is 2. The lowest BCUT2D eigenvalue weighted by Crippen LogP contribution is -2.14. The summed E-state index contributed by atoms with van der Waals surface area (Å²) in [6, 6.07) is 7.98. The topological polar surface area (TPSA) is 21.8 Å². The summed E-state index contributed by atoms with van der Waals surface area (Å²) in [6.45, 7) is 4.69. The van der Waals surface area contributed by atoms with Crippen LogP contribution in [0.1, 0.15) is 12.5 Å². The predicted octanol–water partition coefficient (Wildman–Crippen LogP) is 2.12. The molecule has 1 aliphatic heterocycles. The lowest BCUT2D eigenvalue weighted by atomic mass is 10.2. The first-order valence-corrected chi connectivity index (χ1v) is 4.08. The quantitative estimate of drug-likeness (QED) is 0.624. The van der Waals surface area contributed by atoms with Crippen LogP contribution in [0.5, 0.6) is 5.75 Å². The Kier molecular flexibility index (Phi) is 1.58. The maximum Gasteiger partial charge on any atom is 0.231 e. The minimum absolute atomic E-state index is 0.352. The average Bonchev–Trinajstić information content (AvgIpc) is 2.74. The van der Waals surface area contributed by atoms with Crippen molar-refractivity contribution < 1.29 is 9.47 Å². The monoisotopic (exact) mass is 164 g/mol. The Morgan fingerprint density at radius 2 is 1.92 bits per heavy atom. The number of epoxide rings is 1. The van der Waals surface area contributed by atoms with E-state index in [1.54, 1.807) is 0 Å². The van der Waals surface area contributed by atoms with E-state index in [2.05, 4.69) is 6.92 Å². The van der Waals surface area contributed by atoms with E-state index in [9.17, 15) is 0 Å². The van der Waals surface area contributed by atoms with Gasteiger partial charge < -0.3 is 9.47 Å². The highest BCUT2D eigenvalue weighted by atomic mass is 16.8. The van der Waals surface area contributed by atoms with Gasteiger partial charge in [-0.25, -0.2) is 0 Å². The predicted molar refractivity (Wildman–Crippen MR) is 46.2 cm³/mol. The van der Waals surface area contributed by atoms with E-state index in [1.165, 1.54) is 5.56 Å². The third kappa shape index (κ3) is 1.59. The third-order valence-corrected chi connectivity index (χ3v) is 1.91. The summed E-state index contributed by atoms with van der Waals surface area (Å²) in [6.07, 6.45) is 0. The molecule has 0 bridgehead atoms. The molecule has 0 N–H and O–H groups in total. The smallest absolute Gasteiger partial charge is 0.231 e. The minimum Gasteiger partial charge on any atom is -0.460 e. The first kappa shape index (κ1) is 7.62. The highest BCUT2D eigenvalue weighted by Gasteiger charge is 2.42. The van der Waals surface area contributed by atoms with Crippen molar-refractivity contribution in [3.8, 4) is 5.75 Å². The van der Waals surface area contributed by atoms with Gasteiger partial charge in [-0.2, -0.15) is 0 Å². The van der Waals surface area contributed by atoms with E-state index in [0.29, 0.717) is 6.61 Å². The van der Waals surface area contributed by atoms with Gasteiger partial charge in [0.2, 0.25) is 5.79 Å². The Morgan fingerprint density at radius 1 is 1.33 bits per heavy atom. The second-order valence-electron chi connectivity index (χ2n) is 3.34. The molecule has 2 rings (SSSR count). The number of hydrogen-bond donors (Lipinski definition) is 0. The second-order valence-corrected chi connectivity index (χ2v) is 3.34. The molecule has 1 aromatic rings. The van der Waals surface area contributed by atoms with Crippen LogP contribution in [0.25, 0.3) is 0 Å². The molecule has 0 spiro atoms. The summed E-state index contributed by atoms with van der Waals surface area (Å²) in [7, 11) is 0. The van der Waals surface area contributed by atoms with Crippen LogP contribution in [-0.4, -0.2) is 12.4 Å². The molecule has 0 aromatic heterocycles. The molecule has 12 heavy (non-hydrogen) atoms. The molecular formula is C10H12O2. The van der Waals surface area contributed by atoms with Crippen molar-refractivity contribution in [3.63, 3.8) is 0 Å². The van der Waals surface area contributed by atoms with E-state index in [-0.39, 0.29) is 5.79 Å². The van der Waals surface area contributed by atoms with Gasteiger partial charge in [0, 0.05) is 6.92 Å². The van der Waals surface area contributed by atoms with Crippen molar-refractivity contribution in [1.29, 1.82) is 0 Å². The molecule has 1 unspecified atom stereocenters. The van der Waals surface area contributed by atoms with Crippen molar-refractivity contribution >= 4 is 0 Å². The zero-order valence-corrected chi connectivity index (χ0v) is 7.33. The van der Waals surface area contributed by atoms with Crippen LogP contribution in [-0.2, 0) is 4.74 Å². The number of ether oxygens (including phenoxy) is 2. The van der Waals surface area contributed by atoms with Gasteiger partial charge in [0.1, 0.15) is 12.4 Å². The standard InChI is InChI=1S/C10H12O2/c1-8-3-5-9(6-4-8)12-10(2)7-11-10/h3-6H,7H2,1-2H3. The normalized spacial score (nSPS) is 26.8. The van der Waals surface area contributed by atoms with Crippen LogP contribution in [0.4, 0.5) is 0 Å². The molecule has 1 aromatic carbocycles. The molecule has 1 atom stereocenters. The van der Waals surface area contributed by atoms with Crippen LogP contribution in [0.2, 0.25) is 0 Å². The minimum atomic E-state index is -0.352. The molecule has 64 valence electrons. The van der Waals surface area contributed by atoms with Crippen LogP contribution in [0.15, 0.2) is 24.3 Å². The Bertz CT molecular complexity index is 272. The van der Waals surface area contributed by atoms with Crippen LogP contribution < -0.4 is 4.74 Å². The van der Waals surface area contributed by atoms with Gasteiger partial charge >= 0.3 is 0 Å². The molecular weight excluding hydrogens is 152 g/mol. The maximum absolute atomic E-state index is 5.55. The lowest BCUT2D eigenvalue weighted by Gasteiger charge is -2.08. The summed E-state index contributed by atoms with van der Waals surface area (Å²) in [5.41, 5.74) is 1.24. The van der Waals surface area contributed by atoms with Gasteiger partial charge in [0.15, 0.2) is 0 Å². The Labute approximate surface area is 72.1 Å². The lowest BCUT2D eigenvalue weighted by molar-refractivity contribution is 0.0803. The first-order valence-electron chi connectivity index (χ1n) is 4.08. The number of rotatable bonds is 2. The van der Waals surface area contributed by atoms with E-state index in [4.69, 9.17) is 9.47 Å². The molecule has 0 saturated carbocycles. The van der Waals surface area contributed by atoms with Crippen molar-refractivity contribution in [2.45, 2.75) is 19.6 Å². The van der Waals surface area contributed by atoms with Crippen LogP contribution >= 0.6 is 0 Å². The van der Waals surface area contributed by atoms with Crippen LogP contribution in [0, 0.1) is 6.92 Å². The molecule has 1 aliphatic rings. The Morgan fingerprint density at radius 3 is 2.42 bits per heavy atom. The van der Waals surface area contributed by atoms with Gasteiger partial charge in [-0.1, -0.05) is 17.7 Å². The fraction of sp³-hybridized carbons (Fsp3) is 0.400. The summed E-state index contributed by atoms with van der Waals surface area (Å²) < 4.78 is 10.7. The van der Waals surface area contributed by atoms with Gasteiger partial charge in [-0.3, -0.25) is 0 Å². The molecule has 0 amide bonds. The molecule has 1 fully saturated rings. The van der Waals surface area contributed by atoms with Crippen molar-refractivity contribution in [2.75, 3.05) is 6.61 Å². The molecule has 2 nitrogen and oxygen atoms in total. The summed E-state index contributed by atoms with van der Waals surface area (Å²) >= 11 is 0. The van der Waals surface area contributed by atoms with Gasteiger partial charge in [0.25, 0.3) is 0 Å². The van der Waals surface area contributed by atoms with Gasteiger partial charge in [-0.05, 0) is 19.1 Å². The highest BCUT2D eigenvalue weighted by Crippen LogP contribution is 2.29. The van der Waals surface area contributed by atoms with E-state index in [1.807, 2.05) is 31.2 Å². The van der Waals surface area contributed by atoms with Crippen molar-refractivity contribution in [3.05, 3.63) is 29.8 Å². The third-order valence-electron chi connectivity index (χ3n) is 1.91. The second kappa shape index (κ2) is 2.49. The Balaban J connectivity index is 2.08. The molecule has 1 heterocycles. The molecule has 2 heteroatoms. The zero-order chi connectivity index (χ0) is 8.60. The van der Waals surface area contributed by atoms with Crippen molar-refractivity contribution in [2.24, 2.45) is 0 Å². The van der Waals surface area contributed by atoms with Crippen LogP contribution in [0.3, 0.4) is 0 Å². The number of aryl methyl sites for hydroxylation is 1. The maximum atomic E-state index is 5.55. The largest absolute Gasteiger partial charge is 0.460 e. The van der Waals surface area contributed by atoms with E-state index < -0.39 is 0 Å². The molecule has 0 aliphatic carbocycles. The average molecular weight is 164 g/mol. The van der Waals surface area contributed by atoms with Gasteiger partial charge in [0.05, 0.1) is 0 Å². The summed E-state index contributed by atoms with van der Waals surface area (Å²) in [4.78, 5) is 0. The molecule has 0 radical (unpaired) electrons. The number of benzene rings is 1. The fourth-order valence-electron chi connectivity index (χ4n) is 1.02. The zero-order valence-electron chi connectivity index (χ0n) is 7.33. The summed E-state index contributed by atoms with van der Waals surface area (Å²) in [5.74, 6) is 0.524. The first-order chi connectivity index (χ1) is 5.68.